The Bertz CT molecular complexity index is 722. The quantitative estimate of drug-likeness (QED) is 0.944. The van der Waals surface area contributed by atoms with Crippen molar-refractivity contribution >= 4 is 21.4 Å². The molecule has 1 N–H and O–H groups in total. The Labute approximate surface area is 122 Å². The average molecular weight is 309 g/mol. The van der Waals surface area contributed by atoms with Crippen molar-refractivity contribution in [3.63, 3.8) is 0 Å². The van der Waals surface area contributed by atoms with Crippen LogP contribution < -0.4 is 9.46 Å². The van der Waals surface area contributed by atoms with Crippen LogP contribution in [0.5, 0.6) is 5.75 Å². The van der Waals surface area contributed by atoms with E-state index in [0.29, 0.717) is 17.4 Å². The highest BCUT2D eigenvalue weighted by molar-refractivity contribution is 7.91. The Hall–Kier alpha value is -1.37. The number of fused-ring (bicyclic) bond motifs is 1. The Morgan fingerprint density at radius 2 is 2.10 bits per heavy atom. The van der Waals surface area contributed by atoms with Gasteiger partial charge in [0, 0.05) is 22.9 Å². The molecule has 0 saturated heterocycles. The first-order valence-electron chi connectivity index (χ1n) is 6.34. The summed E-state index contributed by atoms with van der Waals surface area (Å²) in [5.41, 5.74) is 1.07. The number of benzene rings is 1. The van der Waals surface area contributed by atoms with Gasteiger partial charge in [0.25, 0.3) is 0 Å². The molecule has 20 heavy (non-hydrogen) atoms. The highest BCUT2D eigenvalue weighted by Crippen LogP contribution is 2.33. The summed E-state index contributed by atoms with van der Waals surface area (Å²) in [4.78, 5) is 0.986. The summed E-state index contributed by atoms with van der Waals surface area (Å²) in [5, 5.41) is 0. The summed E-state index contributed by atoms with van der Waals surface area (Å²) in [5.74, 6) is 0.922. The molecule has 2 aromatic rings. The number of rotatable bonds is 4. The van der Waals surface area contributed by atoms with Crippen LogP contribution in [0.1, 0.15) is 16.4 Å². The highest BCUT2D eigenvalue weighted by Gasteiger charge is 2.26. The molecule has 0 spiro atoms. The van der Waals surface area contributed by atoms with Crippen LogP contribution in [0.3, 0.4) is 0 Å². The van der Waals surface area contributed by atoms with E-state index < -0.39 is 10.0 Å². The number of para-hydroxylation sites is 1. The van der Waals surface area contributed by atoms with Gasteiger partial charge in [0.15, 0.2) is 0 Å². The van der Waals surface area contributed by atoms with Gasteiger partial charge in [-0.05, 0) is 25.1 Å². The van der Waals surface area contributed by atoms with Crippen molar-refractivity contribution in [2.24, 2.45) is 0 Å². The van der Waals surface area contributed by atoms with E-state index in [9.17, 15) is 8.42 Å². The minimum absolute atomic E-state index is 0.0713. The molecule has 0 bridgehead atoms. The second-order valence-corrected chi connectivity index (χ2v) is 8.04. The smallest absolute Gasteiger partial charge is 0.250 e. The lowest BCUT2D eigenvalue weighted by Gasteiger charge is -2.10. The molecule has 0 radical (unpaired) electrons. The van der Waals surface area contributed by atoms with E-state index in [2.05, 4.69) is 4.72 Å². The van der Waals surface area contributed by atoms with Gasteiger partial charge in [-0.3, -0.25) is 0 Å². The Morgan fingerprint density at radius 1 is 1.30 bits per heavy atom. The van der Waals surface area contributed by atoms with Crippen molar-refractivity contribution in [3.05, 3.63) is 46.8 Å². The molecule has 1 aliphatic rings. The van der Waals surface area contributed by atoms with Gasteiger partial charge < -0.3 is 4.74 Å². The van der Waals surface area contributed by atoms with Gasteiger partial charge in [-0.25, -0.2) is 13.1 Å². The standard InChI is InChI=1S/C14H15NO3S2/c1-10-6-7-14(19-10)20(16,17)15-8-11-9-18-13-5-3-2-4-12(11)13/h2-7,11,15H,8-9H2,1H3. The van der Waals surface area contributed by atoms with Gasteiger partial charge >= 0.3 is 0 Å². The molecular formula is C14H15NO3S2. The molecule has 4 nitrogen and oxygen atoms in total. The maximum atomic E-state index is 12.2. The molecule has 2 heterocycles. The first-order chi connectivity index (χ1) is 9.56. The number of thiophene rings is 1. The molecule has 6 heteroatoms. The average Bonchev–Trinajstić information content (AvgIpc) is 3.03. The molecular weight excluding hydrogens is 294 g/mol. The summed E-state index contributed by atoms with van der Waals surface area (Å²) in [6.45, 7) is 2.77. The zero-order valence-electron chi connectivity index (χ0n) is 11.0. The van der Waals surface area contributed by atoms with E-state index in [1.54, 1.807) is 6.07 Å². The Balaban J connectivity index is 1.72. The van der Waals surface area contributed by atoms with E-state index in [-0.39, 0.29) is 5.92 Å². The third-order valence-corrected chi connectivity index (χ3v) is 6.22. The summed E-state index contributed by atoms with van der Waals surface area (Å²) in [6.07, 6.45) is 0. The van der Waals surface area contributed by atoms with Gasteiger partial charge in [-0.1, -0.05) is 18.2 Å². The molecule has 106 valence electrons. The molecule has 0 aliphatic carbocycles. The summed E-state index contributed by atoms with van der Waals surface area (Å²) < 4.78 is 32.9. The van der Waals surface area contributed by atoms with Gasteiger partial charge in [0.1, 0.15) is 9.96 Å². The fraction of sp³-hybridized carbons (Fsp3) is 0.286. The minimum Gasteiger partial charge on any atom is -0.493 e. The van der Waals surface area contributed by atoms with Crippen LogP contribution in [0.25, 0.3) is 0 Å². The van der Waals surface area contributed by atoms with Crippen molar-refractivity contribution in [1.82, 2.24) is 4.72 Å². The second-order valence-electron chi connectivity index (χ2n) is 4.76. The third kappa shape index (κ3) is 2.59. The van der Waals surface area contributed by atoms with Crippen LogP contribution in [0.2, 0.25) is 0 Å². The van der Waals surface area contributed by atoms with Crippen molar-refractivity contribution in [2.75, 3.05) is 13.2 Å². The van der Waals surface area contributed by atoms with Crippen LogP contribution in [0.4, 0.5) is 0 Å². The van der Waals surface area contributed by atoms with Gasteiger partial charge in [0.05, 0.1) is 6.61 Å². The van der Waals surface area contributed by atoms with Crippen molar-refractivity contribution in [1.29, 1.82) is 0 Å². The predicted octanol–water partition coefficient (Wildman–Crippen LogP) is 2.51. The fourth-order valence-electron chi connectivity index (χ4n) is 2.24. The van der Waals surface area contributed by atoms with Crippen LogP contribution in [0.15, 0.2) is 40.6 Å². The Morgan fingerprint density at radius 3 is 2.85 bits per heavy atom. The van der Waals surface area contributed by atoms with Crippen molar-refractivity contribution in [2.45, 2.75) is 17.1 Å². The zero-order chi connectivity index (χ0) is 14.2. The monoisotopic (exact) mass is 309 g/mol. The molecule has 1 aliphatic heterocycles. The SMILES string of the molecule is Cc1ccc(S(=O)(=O)NCC2COc3ccccc32)s1. The highest BCUT2D eigenvalue weighted by atomic mass is 32.2. The molecule has 1 unspecified atom stereocenters. The zero-order valence-corrected chi connectivity index (χ0v) is 12.6. The molecule has 0 fully saturated rings. The lowest BCUT2D eigenvalue weighted by molar-refractivity contribution is 0.330. The van der Waals surface area contributed by atoms with E-state index in [1.165, 1.54) is 11.3 Å². The first kappa shape index (κ1) is 13.6. The number of aryl methyl sites for hydroxylation is 1. The topological polar surface area (TPSA) is 55.4 Å². The van der Waals surface area contributed by atoms with Crippen LogP contribution in [-0.2, 0) is 10.0 Å². The van der Waals surface area contributed by atoms with Gasteiger partial charge in [0.2, 0.25) is 10.0 Å². The van der Waals surface area contributed by atoms with Crippen molar-refractivity contribution < 1.29 is 13.2 Å². The third-order valence-electron chi connectivity index (χ3n) is 3.30. The largest absolute Gasteiger partial charge is 0.493 e. The molecule has 3 rings (SSSR count). The van der Waals surface area contributed by atoms with E-state index in [4.69, 9.17) is 4.74 Å². The maximum absolute atomic E-state index is 12.2. The maximum Gasteiger partial charge on any atom is 0.250 e. The van der Waals surface area contributed by atoms with E-state index in [0.717, 1.165) is 16.2 Å². The first-order valence-corrected chi connectivity index (χ1v) is 8.64. The molecule has 1 aromatic heterocycles. The number of hydrogen-bond acceptors (Lipinski definition) is 4. The van der Waals surface area contributed by atoms with Crippen LogP contribution in [-0.4, -0.2) is 21.6 Å². The van der Waals surface area contributed by atoms with E-state index >= 15 is 0 Å². The lowest BCUT2D eigenvalue weighted by atomic mass is 10.0. The Kier molecular flexibility index (Phi) is 3.54. The van der Waals surface area contributed by atoms with Gasteiger partial charge in [-0.2, -0.15) is 0 Å². The molecule has 1 atom stereocenters. The molecule has 1 aromatic carbocycles. The molecule has 0 amide bonds. The number of nitrogens with one attached hydrogen (secondary N) is 1. The van der Waals surface area contributed by atoms with Gasteiger partial charge in [-0.15, -0.1) is 11.3 Å². The predicted molar refractivity (Wildman–Crippen MR) is 78.9 cm³/mol. The number of sulfonamides is 1. The van der Waals surface area contributed by atoms with E-state index in [1.807, 2.05) is 37.3 Å². The summed E-state index contributed by atoms with van der Waals surface area (Å²) in [7, 11) is -3.42. The molecule has 0 saturated carbocycles. The lowest BCUT2D eigenvalue weighted by Crippen LogP contribution is -2.28. The van der Waals surface area contributed by atoms with Crippen LogP contribution in [0, 0.1) is 6.92 Å². The number of ether oxygens (including phenoxy) is 1. The summed E-state index contributed by atoms with van der Waals surface area (Å²) in [6, 6.07) is 11.2. The second kappa shape index (κ2) is 5.20. The minimum atomic E-state index is -3.42. The van der Waals surface area contributed by atoms with Crippen molar-refractivity contribution in [3.8, 4) is 5.75 Å². The summed E-state index contributed by atoms with van der Waals surface area (Å²) >= 11 is 1.28. The fourth-order valence-corrected chi connectivity index (χ4v) is 4.65. The normalized spacial score (nSPS) is 17.8. The van der Waals surface area contributed by atoms with Crippen LogP contribution >= 0.6 is 11.3 Å². The number of hydrogen-bond donors (Lipinski definition) is 1.